The van der Waals surface area contributed by atoms with E-state index < -0.39 is 0 Å². The number of hydrogen-bond acceptors (Lipinski definition) is 3. The van der Waals surface area contributed by atoms with Crippen LogP contribution >= 0.6 is 0 Å². The van der Waals surface area contributed by atoms with E-state index in [1.807, 2.05) is 32.8 Å². The first-order valence-electron chi connectivity index (χ1n) is 4.28. The van der Waals surface area contributed by atoms with E-state index >= 15 is 0 Å². The van der Waals surface area contributed by atoms with E-state index in [0.29, 0.717) is 17.8 Å². The second-order valence-corrected chi connectivity index (χ2v) is 4.02. The number of hydrogen-bond donors (Lipinski definition) is 1. The van der Waals surface area contributed by atoms with E-state index in [4.69, 9.17) is 0 Å². The highest BCUT2D eigenvalue weighted by Gasteiger charge is 2.16. The smallest absolute Gasteiger partial charge is 0.140 e. The number of nitrogens with one attached hydrogen (secondary N) is 1. The van der Waals surface area contributed by atoms with Gasteiger partial charge in [0, 0.05) is 18.2 Å². The number of aliphatic imine (C=N–C) groups is 1. The van der Waals surface area contributed by atoms with Crippen molar-refractivity contribution in [3.05, 3.63) is 17.8 Å². The molecule has 1 N–H and O–H groups in total. The predicted octanol–water partition coefficient (Wildman–Crippen LogP) is 1.45. The number of nitrogens with zero attached hydrogens (tertiary/aromatic N) is 1. The highest BCUT2D eigenvalue weighted by atomic mass is 16.1. The van der Waals surface area contributed by atoms with Crippen molar-refractivity contribution >= 4 is 11.8 Å². The summed E-state index contributed by atoms with van der Waals surface area (Å²) in [6.45, 7) is 6.07. The fourth-order valence-corrected chi connectivity index (χ4v) is 1.03. The molecule has 3 nitrogen and oxygen atoms in total. The summed E-state index contributed by atoms with van der Waals surface area (Å²) in [6.07, 6.45) is 4.16. The number of amidine groups is 1. The van der Waals surface area contributed by atoms with Gasteiger partial charge in [-0.1, -0.05) is 6.08 Å². The molecule has 0 saturated carbocycles. The third-order valence-corrected chi connectivity index (χ3v) is 1.53. The van der Waals surface area contributed by atoms with Crippen molar-refractivity contribution in [2.75, 3.05) is 0 Å². The normalized spacial score (nSPS) is 16.5. The summed E-state index contributed by atoms with van der Waals surface area (Å²) >= 11 is 0. The van der Waals surface area contributed by atoms with E-state index in [9.17, 15) is 4.79 Å². The van der Waals surface area contributed by atoms with Gasteiger partial charge in [0.25, 0.3) is 0 Å². The highest BCUT2D eigenvalue weighted by molar-refractivity contribution is 6.06. The van der Waals surface area contributed by atoms with Gasteiger partial charge in [-0.25, -0.2) is 9.79 Å². The molecule has 1 aliphatic heterocycles. The first kappa shape index (κ1) is 9.75. The van der Waals surface area contributed by atoms with Crippen molar-refractivity contribution in [1.82, 2.24) is 5.32 Å². The minimum atomic E-state index is -0.0773. The SMILES string of the molecule is CC(C)(C)NC1=NC=CCC1=C=O. The van der Waals surface area contributed by atoms with Gasteiger partial charge in [-0.05, 0) is 20.8 Å². The average Bonchev–Trinajstić information content (AvgIpc) is 2.02. The largest absolute Gasteiger partial charge is 0.365 e. The molecule has 0 unspecified atom stereocenters. The van der Waals surface area contributed by atoms with Gasteiger partial charge >= 0.3 is 0 Å². The third-order valence-electron chi connectivity index (χ3n) is 1.53. The summed E-state index contributed by atoms with van der Waals surface area (Å²) in [5.41, 5.74) is 0.518. The van der Waals surface area contributed by atoms with Crippen molar-refractivity contribution < 1.29 is 4.79 Å². The molecule has 0 aromatic heterocycles. The van der Waals surface area contributed by atoms with E-state index in [0.717, 1.165) is 0 Å². The zero-order chi connectivity index (χ0) is 9.90. The molecular weight excluding hydrogens is 164 g/mol. The van der Waals surface area contributed by atoms with E-state index in [1.165, 1.54) is 0 Å². The molecule has 0 atom stereocenters. The van der Waals surface area contributed by atoms with Crippen molar-refractivity contribution in [1.29, 1.82) is 0 Å². The van der Waals surface area contributed by atoms with Crippen molar-refractivity contribution in [3.63, 3.8) is 0 Å². The molecule has 0 fully saturated rings. The summed E-state index contributed by atoms with van der Waals surface area (Å²) in [4.78, 5) is 14.6. The average molecular weight is 178 g/mol. The molecule has 0 saturated heterocycles. The molecule has 13 heavy (non-hydrogen) atoms. The van der Waals surface area contributed by atoms with E-state index in [-0.39, 0.29) is 5.54 Å². The molecule has 1 rings (SSSR count). The quantitative estimate of drug-likeness (QED) is 0.570. The molecule has 0 aromatic rings. The van der Waals surface area contributed by atoms with Crippen LogP contribution in [0.25, 0.3) is 0 Å². The van der Waals surface area contributed by atoms with Gasteiger partial charge in [0.2, 0.25) is 0 Å². The van der Waals surface area contributed by atoms with Gasteiger partial charge in [-0.3, -0.25) is 0 Å². The maximum Gasteiger partial charge on any atom is 0.140 e. The van der Waals surface area contributed by atoms with Crippen LogP contribution in [0.2, 0.25) is 0 Å². The Morgan fingerprint density at radius 1 is 1.54 bits per heavy atom. The Bertz CT molecular complexity index is 301. The van der Waals surface area contributed by atoms with Crippen LogP contribution in [-0.2, 0) is 4.79 Å². The minimum absolute atomic E-state index is 0.0773. The number of allylic oxidation sites excluding steroid dienone is 1. The fraction of sp³-hybridized carbons (Fsp3) is 0.500. The summed E-state index contributed by atoms with van der Waals surface area (Å²) < 4.78 is 0. The van der Waals surface area contributed by atoms with Crippen LogP contribution in [-0.4, -0.2) is 17.3 Å². The first-order valence-corrected chi connectivity index (χ1v) is 4.28. The maximum atomic E-state index is 10.5. The van der Waals surface area contributed by atoms with E-state index in [2.05, 4.69) is 10.3 Å². The standard InChI is InChI=1S/C10H14N2O/c1-10(2,3)12-9-8(7-13)5-4-6-11-9/h4,6H,5H2,1-3H3,(H,11,12). The van der Waals surface area contributed by atoms with Crippen LogP contribution in [0.5, 0.6) is 0 Å². The molecule has 0 bridgehead atoms. The lowest BCUT2D eigenvalue weighted by molar-refractivity contribution is 0.510. The van der Waals surface area contributed by atoms with E-state index in [1.54, 1.807) is 6.20 Å². The van der Waals surface area contributed by atoms with Crippen LogP contribution in [0.1, 0.15) is 27.2 Å². The van der Waals surface area contributed by atoms with Crippen LogP contribution in [0.3, 0.4) is 0 Å². The first-order chi connectivity index (χ1) is 6.03. The maximum absolute atomic E-state index is 10.5. The Morgan fingerprint density at radius 3 is 2.77 bits per heavy atom. The summed E-state index contributed by atoms with van der Waals surface area (Å²) in [5, 5.41) is 3.16. The van der Waals surface area contributed by atoms with Gasteiger partial charge in [0.05, 0.1) is 5.57 Å². The van der Waals surface area contributed by atoms with Gasteiger partial charge in [-0.2, -0.15) is 0 Å². The minimum Gasteiger partial charge on any atom is -0.365 e. The van der Waals surface area contributed by atoms with Gasteiger partial charge in [-0.15, -0.1) is 0 Å². The molecule has 0 amide bonds. The zero-order valence-electron chi connectivity index (χ0n) is 8.22. The molecular formula is C10H14N2O. The predicted molar refractivity (Wildman–Crippen MR) is 53.3 cm³/mol. The monoisotopic (exact) mass is 178 g/mol. The van der Waals surface area contributed by atoms with Gasteiger partial charge in [0.1, 0.15) is 11.8 Å². The number of carbonyl (C=O) groups excluding carboxylic acids is 1. The Hall–Kier alpha value is -1.34. The topological polar surface area (TPSA) is 41.5 Å². The summed E-state index contributed by atoms with van der Waals surface area (Å²) in [6, 6.07) is 0. The Balaban J connectivity index is 2.83. The summed E-state index contributed by atoms with van der Waals surface area (Å²) in [7, 11) is 0. The molecule has 1 aliphatic rings. The molecule has 0 spiro atoms. The molecule has 0 aromatic carbocycles. The van der Waals surface area contributed by atoms with Crippen molar-refractivity contribution in [3.8, 4) is 0 Å². The Kier molecular flexibility index (Phi) is 2.69. The second-order valence-electron chi connectivity index (χ2n) is 4.02. The molecule has 3 heteroatoms. The lowest BCUT2D eigenvalue weighted by Gasteiger charge is -2.24. The second kappa shape index (κ2) is 3.58. The van der Waals surface area contributed by atoms with Crippen LogP contribution in [0.15, 0.2) is 22.8 Å². The van der Waals surface area contributed by atoms with Gasteiger partial charge < -0.3 is 5.32 Å². The van der Waals surface area contributed by atoms with Gasteiger partial charge in [0.15, 0.2) is 0 Å². The summed E-state index contributed by atoms with van der Waals surface area (Å²) in [5.74, 6) is 2.54. The van der Waals surface area contributed by atoms with Crippen molar-refractivity contribution in [2.24, 2.45) is 4.99 Å². The van der Waals surface area contributed by atoms with Crippen LogP contribution < -0.4 is 5.32 Å². The van der Waals surface area contributed by atoms with Crippen LogP contribution in [0, 0.1) is 0 Å². The molecule has 0 aliphatic carbocycles. The van der Waals surface area contributed by atoms with Crippen molar-refractivity contribution in [2.45, 2.75) is 32.7 Å². The Morgan fingerprint density at radius 2 is 2.23 bits per heavy atom. The number of rotatable bonds is 0. The van der Waals surface area contributed by atoms with Crippen LogP contribution in [0.4, 0.5) is 0 Å². The Labute approximate surface area is 78.2 Å². The fourth-order valence-electron chi connectivity index (χ4n) is 1.03. The highest BCUT2D eigenvalue weighted by Crippen LogP contribution is 2.09. The lowest BCUT2D eigenvalue weighted by atomic mass is 10.1. The zero-order valence-corrected chi connectivity index (χ0v) is 8.22. The molecule has 1 heterocycles. The lowest BCUT2D eigenvalue weighted by Crippen LogP contribution is -2.41. The molecule has 0 radical (unpaired) electrons. The third kappa shape index (κ3) is 2.88. The molecule has 70 valence electrons.